The smallest absolute Gasteiger partial charge is 0.319 e. The molecule has 1 aliphatic heterocycles. The largest absolute Gasteiger partial charge is 0.359 e. The second-order valence-electron chi connectivity index (χ2n) is 6.84. The lowest BCUT2D eigenvalue weighted by Crippen LogP contribution is -2.47. The van der Waals surface area contributed by atoms with Gasteiger partial charge in [-0.25, -0.2) is 9.78 Å². The number of carbonyl (C=O) groups excluding carboxylic acids is 3. The Balaban J connectivity index is 1.44. The highest BCUT2D eigenvalue weighted by molar-refractivity contribution is 6.33. The molecule has 0 unspecified atom stereocenters. The Morgan fingerprint density at radius 2 is 2.07 bits per heavy atom. The van der Waals surface area contributed by atoms with E-state index in [0.717, 1.165) is 11.3 Å². The van der Waals surface area contributed by atoms with E-state index < -0.39 is 6.03 Å². The molecule has 3 rings (SSSR count). The highest BCUT2D eigenvalue weighted by Crippen LogP contribution is 2.29. The van der Waals surface area contributed by atoms with Crippen LogP contribution in [0.25, 0.3) is 0 Å². The number of aromatic nitrogens is 1. The number of benzene rings is 1. The van der Waals surface area contributed by atoms with Gasteiger partial charge >= 0.3 is 6.03 Å². The summed E-state index contributed by atoms with van der Waals surface area (Å²) < 4.78 is 0. The molecule has 0 spiro atoms. The molecule has 1 aromatic carbocycles. The standard InChI is InChI=1S/C20H23ClN6O3/c1-13-2-5-17(24-11-13)26-18(28)6-7-23-20(30)25-14-3-4-16(15(21)10-14)27-9-8-22-19(29)12-27/h2-5,10-11H,6-9,12H2,1H3,(H,22,29)(H2,23,25,30)(H,24,26,28). The van der Waals surface area contributed by atoms with Crippen LogP contribution in [0.4, 0.5) is 22.0 Å². The van der Waals surface area contributed by atoms with Crippen molar-refractivity contribution in [2.45, 2.75) is 13.3 Å². The van der Waals surface area contributed by atoms with Crippen LogP contribution in [0.2, 0.25) is 5.02 Å². The number of piperazine rings is 1. The number of nitrogens with zero attached hydrogens (tertiary/aromatic N) is 2. The van der Waals surface area contributed by atoms with Crippen LogP contribution in [0.3, 0.4) is 0 Å². The van der Waals surface area contributed by atoms with Crippen molar-refractivity contribution in [1.82, 2.24) is 15.6 Å². The summed E-state index contributed by atoms with van der Waals surface area (Å²) >= 11 is 6.32. The summed E-state index contributed by atoms with van der Waals surface area (Å²) in [5.41, 5.74) is 2.25. The van der Waals surface area contributed by atoms with Gasteiger partial charge in [0, 0.05) is 37.9 Å². The summed E-state index contributed by atoms with van der Waals surface area (Å²) in [6.45, 7) is 3.54. The van der Waals surface area contributed by atoms with Gasteiger partial charge in [0.1, 0.15) is 5.82 Å². The molecule has 4 N–H and O–H groups in total. The summed E-state index contributed by atoms with van der Waals surface area (Å²) in [4.78, 5) is 41.5. The molecule has 0 aliphatic carbocycles. The molecular formula is C20H23ClN6O3. The summed E-state index contributed by atoms with van der Waals surface area (Å²) in [5.74, 6) is 0.168. The molecule has 158 valence electrons. The SMILES string of the molecule is Cc1ccc(NC(=O)CCNC(=O)Nc2ccc(N3CCNC(=O)C3)c(Cl)c2)nc1. The van der Waals surface area contributed by atoms with Gasteiger partial charge in [-0.1, -0.05) is 17.7 Å². The highest BCUT2D eigenvalue weighted by Gasteiger charge is 2.19. The number of pyridine rings is 1. The van der Waals surface area contributed by atoms with Crippen LogP contribution in [0.15, 0.2) is 36.5 Å². The maximum atomic E-state index is 12.1. The van der Waals surface area contributed by atoms with Gasteiger partial charge in [0.2, 0.25) is 11.8 Å². The second kappa shape index (κ2) is 9.93. The van der Waals surface area contributed by atoms with Crippen molar-refractivity contribution < 1.29 is 14.4 Å². The van der Waals surface area contributed by atoms with Crippen LogP contribution in [0.5, 0.6) is 0 Å². The Kier molecular flexibility index (Phi) is 7.08. The highest BCUT2D eigenvalue weighted by atomic mass is 35.5. The number of anilines is 3. The number of urea groups is 1. The van der Waals surface area contributed by atoms with Crippen molar-refractivity contribution in [3.05, 3.63) is 47.1 Å². The Bertz CT molecular complexity index is 935. The Morgan fingerprint density at radius 3 is 2.77 bits per heavy atom. The van der Waals surface area contributed by atoms with E-state index in [0.29, 0.717) is 29.6 Å². The molecule has 1 aromatic heterocycles. The number of amides is 4. The number of halogens is 1. The van der Waals surface area contributed by atoms with E-state index >= 15 is 0 Å². The summed E-state index contributed by atoms with van der Waals surface area (Å²) in [5, 5.41) is 11.2. The van der Waals surface area contributed by atoms with Crippen LogP contribution in [0.1, 0.15) is 12.0 Å². The topological polar surface area (TPSA) is 115 Å². The first-order valence-corrected chi connectivity index (χ1v) is 9.87. The quantitative estimate of drug-likeness (QED) is 0.560. The number of hydrogen-bond acceptors (Lipinski definition) is 5. The maximum absolute atomic E-state index is 12.1. The number of nitrogens with one attached hydrogen (secondary N) is 4. The zero-order chi connectivity index (χ0) is 21.5. The molecule has 9 nitrogen and oxygen atoms in total. The van der Waals surface area contributed by atoms with E-state index in [1.54, 1.807) is 30.5 Å². The van der Waals surface area contributed by atoms with Crippen molar-refractivity contribution in [3.63, 3.8) is 0 Å². The number of aryl methyl sites for hydroxylation is 1. The van der Waals surface area contributed by atoms with E-state index in [4.69, 9.17) is 11.6 Å². The van der Waals surface area contributed by atoms with E-state index in [2.05, 4.69) is 26.3 Å². The Morgan fingerprint density at radius 1 is 1.23 bits per heavy atom. The maximum Gasteiger partial charge on any atom is 0.319 e. The zero-order valence-electron chi connectivity index (χ0n) is 16.5. The van der Waals surface area contributed by atoms with Crippen molar-refractivity contribution in [3.8, 4) is 0 Å². The average molecular weight is 431 g/mol. The van der Waals surface area contributed by atoms with E-state index in [1.165, 1.54) is 0 Å². The van der Waals surface area contributed by atoms with Crippen LogP contribution in [-0.2, 0) is 9.59 Å². The third-order valence-corrected chi connectivity index (χ3v) is 4.70. The monoisotopic (exact) mass is 430 g/mol. The molecular weight excluding hydrogens is 408 g/mol. The van der Waals surface area contributed by atoms with Crippen molar-refractivity contribution in [2.75, 3.05) is 41.7 Å². The van der Waals surface area contributed by atoms with Crippen LogP contribution >= 0.6 is 11.6 Å². The van der Waals surface area contributed by atoms with Crippen molar-refractivity contribution >= 4 is 46.6 Å². The van der Waals surface area contributed by atoms with Crippen molar-refractivity contribution in [1.29, 1.82) is 0 Å². The van der Waals surface area contributed by atoms with Crippen LogP contribution in [-0.4, -0.2) is 49.0 Å². The molecule has 0 radical (unpaired) electrons. The lowest BCUT2D eigenvalue weighted by molar-refractivity contribution is -0.120. The fraction of sp³-hybridized carbons (Fsp3) is 0.300. The van der Waals surface area contributed by atoms with Crippen LogP contribution < -0.4 is 26.2 Å². The first kappa shape index (κ1) is 21.4. The van der Waals surface area contributed by atoms with Crippen LogP contribution in [0, 0.1) is 6.92 Å². The second-order valence-corrected chi connectivity index (χ2v) is 7.24. The molecule has 30 heavy (non-hydrogen) atoms. The first-order chi connectivity index (χ1) is 14.4. The predicted octanol–water partition coefficient (Wildman–Crippen LogP) is 2.13. The molecule has 0 atom stereocenters. The van der Waals surface area contributed by atoms with Gasteiger partial charge in [0.25, 0.3) is 0 Å². The summed E-state index contributed by atoms with van der Waals surface area (Å²) in [6, 6.07) is 8.22. The predicted molar refractivity (Wildman–Crippen MR) is 116 cm³/mol. The fourth-order valence-electron chi connectivity index (χ4n) is 2.90. The number of carbonyl (C=O) groups is 3. The number of hydrogen-bond donors (Lipinski definition) is 4. The molecule has 0 saturated carbocycles. The normalized spacial score (nSPS) is 13.4. The van der Waals surface area contributed by atoms with E-state index in [-0.39, 0.29) is 31.3 Å². The third kappa shape index (κ3) is 6.08. The molecule has 2 heterocycles. The molecule has 4 amide bonds. The molecule has 1 fully saturated rings. The van der Waals surface area contributed by atoms with Gasteiger partial charge in [-0.05, 0) is 36.8 Å². The van der Waals surface area contributed by atoms with Crippen molar-refractivity contribution in [2.24, 2.45) is 0 Å². The minimum absolute atomic E-state index is 0.0545. The molecule has 1 aliphatic rings. The van der Waals surface area contributed by atoms with Gasteiger partial charge in [-0.3, -0.25) is 9.59 Å². The summed E-state index contributed by atoms with van der Waals surface area (Å²) in [6.07, 6.45) is 1.78. The molecule has 10 heteroatoms. The Labute approximate surface area is 179 Å². The lowest BCUT2D eigenvalue weighted by atomic mass is 10.2. The minimum Gasteiger partial charge on any atom is -0.359 e. The van der Waals surface area contributed by atoms with Gasteiger partial charge in [-0.15, -0.1) is 0 Å². The Hall–Kier alpha value is -3.33. The van der Waals surface area contributed by atoms with E-state index in [1.807, 2.05) is 17.9 Å². The van der Waals surface area contributed by atoms with Gasteiger partial charge < -0.3 is 26.2 Å². The fourth-order valence-corrected chi connectivity index (χ4v) is 3.20. The van der Waals surface area contributed by atoms with Gasteiger partial charge in [-0.2, -0.15) is 0 Å². The summed E-state index contributed by atoms with van der Waals surface area (Å²) in [7, 11) is 0. The van der Waals surface area contributed by atoms with E-state index in [9.17, 15) is 14.4 Å². The average Bonchev–Trinajstić information content (AvgIpc) is 2.70. The van der Waals surface area contributed by atoms with Gasteiger partial charge in [0.05, 0.1) is 17.3 Å². The zero-order valence-corrected chi connectivity index (χ0v) is 17.3. The minimum atomic E-state index is -0.447. The van der Waals surface area contributed by atoms with Gasteiger partial charge in [0.15, 0.2) is 0 Å². The molecule has 1 saturated heterocycles. The number of rotatable bonds is 6. The lowest BCUT2D eigenvalue weighted by Gasteiger charge is -2.29. The first-order valence-electron chi connectivity index (χ1n) is 9.49. The molecule has 0 bridgehead atoms. The molecule has 2 aromatic rings. The third-order valence-electron chi connectivity index (χ3n) is 4.40.